The minimum Gasteiger partial charge on any atom is -0.354 e. The molecule has 3 rings (SSSR count). The number of halogens is 1. The molecule has 4 heteroatoms. The van der Waals surface area contributed by atoms with Gasteiger partial charge in [-0.2, -0.15) is 0 Å². The molecule has 2 aromatic rings. The van der Waals surface area contributed by atoms with Crippen molar-refractivity contribution in [3.05, 3.63) is 35.9 Å². The number of hydrogen-bond donors (Lipinski definition) is 0. The summed E-state index contributed by atoms with van der Waals surface area (Å²) in [5.74, 6) is 1.85. The molecule has 3 nitrogen and oxygen atoms in total. The summed E-state index contributed by atoms with van der Waals surface area (Å²) in [7, 11) is 0. The average molecular weight is 290 g/mol. The molecule has 1 fully saturated rings. The SMILES string of the molecule is Cc1cc2ccccc2nc1N1CCN(CCCl)CC1. The molecule has 0 unspecified atom stereocenters. The summed E-state index contributed by atoms with van der Waals surface area (Å²) in [5.41, 5.74) is 2.34. The van der Waals surface area contributed by atoms with Crippen molar-refractivity contribution in [3.8, 4) is 0 Å². The van der Waals surface area contributed by atoms with Gasteiger partial charge in [0.15, 0.2) is 0 Å². The molecule has 1 aromatic heterocycles. The normalized spacial score (nSPS) is 16.8. The van der Waals surface area contributed by atoms with Crippen LogP contribution in [0, 0.1) is 6.92 Å². The van der Waals surface area contributed by atoms with Gasteiger partial charge in [-0.1, -0.05) is 18.2 Å². The lowest BCUT2D eigenvalue weighted by Gasteiger charge is -2.35. The zero-order valence-corrected chi connectivity index (χ0v) is 12.6. The summed E-state index contributed by atoms with van der Waals surface area (Å²) in [4.78, 5) is 9.66. The van der Waals surface area contributed by atoms with E-state index in [1.807, 2.05) is 6.07 Å². The van der Waals surface area contributed by atoms with Gasteiger partial charge in [0, 0.05) is 44.0 Å². The van der Waals surface area contributed by atoms with Gasteiger partial charge in [-0.3, -0.25) is 4.90 Å². The van der Waals surface area contributed by atoms with Gasteiger partial charge in [0.1, 0.15) is 5.82 Å². The lowest BCUT2D eigenvalue weighted by atomic mass is 10.1. The molecule has 0 N–H and O–H groups in total. The maximum Gasteiger partial charge on any atom is 0.132 e. The van der Waals surface area contributed by atoms with Crippen molar-refractivity contribution in [2.45, 2.75) is 6.92 Å². The Labute approximate surface area is 125 Å². The number of alkyl halides is 1. The minimum atomic E-state index is 0.716. The number of anilines is 1. The van der Waals surface area contributed by atoms with E-state index in [1.54, 1.807) is 0 Å². The third-order valence-corrected chi connectivity index (χ3v) is 4.13. The Morgan fingerprint density at radius 1 is 1.15 bits per heavy atom. The van der Waals surface area contributed by atoms with Crippen molar-refractivity contribution in [2.24, 2.45) is 0 Å². The molecule has 20 heavy (non-hydrogen) atoms. The van der Waals surface area contributed by atoms with Crippen molar-refractivity contribution >= 4 is 28.3 Å². The monoisotopic (exact) mass is 289 g/mol. The molecule has 1 aliphatic rings. The molecule has 0 bridgehead atoms. The highest BCUT2D eigenvalue weighted by Crippen LogP contribution is 2.23. The largest absolute Gasteiger partial charge is 0.354 e. The summed E-state index contributed by atoms with van der Waals surface area (Å²) >= 11 is 5.81. The number of benzene rings is 1. The zero-order chi connectivity index (χ0) is 13.9. The van der Waals surface area contributed by atoms with E-state index >= 15 is 0 Å². The highest BCUT2D eigenvalue weighted by Gasteiger charge is 2.19. The Hall–Kier alpha value is -1.32. The molecule has 106 valence electrons. The van der Waals surface area contributed by atoms with E-state index in [1.165, 1.54) is 10.9 Å². The molecular weight excluding hydrogens is 270 g/mol. The number of aromatic nitrogens is 1. The summed E-state index contributed by atoms with van der Waals surface area (Å²) in [6, 6.07) is 10.6. The van der Waals surface area contributed by atoms with Crippen LogP contribution in [0.15, 0.2) is 30.3 Å². The Balaban J connectivity index is 1.82. The molecular formula is C16H20ClN3. The van der Waals surface area contributed by atoms with Crippen LogP contribution in [-0.4, -0.2) is 48.5 Å². The van der Waals surface area contributed by atoms with Crippen molar-refractivity contribution in [3.63, 3.8) is 0 Å². The van der Waals surface area contributed by atoms with Crippen molar-refractivity contribution in [2.75, 3.05) is 43.5 Å². The summed E-state index contributed by atoms with van der Waals surface area (Å²) in [6.45, 7) is 7.34. The van der Waals surface area contributed by atoms with E-state index in [4.69, 9.17) is 16.6 Å². The third-order valence-electron chi connectivity index (χ3n) is 3.96. The first-order valence-corrected chi connectivity index (χ1v) is 7.71. The molecule has 1 saturated heterocycles. The molecule has 0 saturated carbocycles. The van der Waals surface area contributed by atoms with Gasteiger partial charge in [0.05, 0.1) is 5.52 Å². The van der Waals surface area contributed by atoms with E-state index in [9.17, 15) is 0 Å². The van der Waals surface area contributed by atoms with Gasteiger partial charge in [0.2, 0.25) is 0 Å². The molecule has 0 radical (unpaired) electrons. The number of rotatable bonds is 3. The van der Waals surface area contributed by atoms with E-state index in [-0.39, 0.29) is 0 Å². The number of piperazine rings is 1. The van der Waals surface area contributed by atoms with Crippen molar-refractivity contribution < 1.29 is 0 Å². The highest BCUT2D eigenvalue weighted by atomic mass is 35.5. The first-order chi connectivity index (χ1) is 9.78. The maximum atomic E-state index is 5.81. The lowest BCUT2D eigenvalue weighted by molar-refractivity contribution is 0.272. The molecule has 0 amide bonds. The Morgan fingerprint density at radius 3 is 2.65 bits per heavy atom. The number of nitrogens with zero attached hydrogens (tertiary/aromatic N) is 3. The molecule has 2 heterocycles. The fraction of sp³-hybridized carbons (Fsp3) is 0.438. The minimum absolute atomic E-state index is 0.716. The number of fused-ring (bicyclic) bond motifs is 1. The third kappa shape index (κ3) is 2.74. The zero-order valence-electron chi connectivity index (χ0n) is 11.8. The van der Waals surface area contributed by atoms with Crippen molar-refractivity contribution in [1.82, 2.24) is 9.88 Å². The van der Waals surface area contributed by atoms with Crippen molar-refractivity contribution in [1.29, 1.82) is 0 Å². The molecule has 0 spiro atoms. The van der Waals surface area contributed by atoms with E-state index in [0.29, 0.717) is 5.88 Å². The molecule has 1 aromatic carbocycles. The fourth-order valence-electron chi connectivity index (χ4n) is 2.83. The molecule has 0 atom stereocenters. The van der Waals surface area contributed by atoms with Crippen LogP contribution in [-0.2, 0) is 0 Å². The van der Waals surface area contributed by atoms with Crippen LogP contribution in [0.4, 0.5) is 5.82 Å². The van der Waals surface area contributed by atoms with E-state index in [2.05, 4.69) is 41.0 Å². The molecule has 1 aliphatic heterocycles. The quantitative estimate of drug-likeness (QED) is 0.810. The maximum absolute atomic E-state index is 5.81. The Bertz CT molecular complexity index is 591. The van der Waals surface area contributed by atoms with Crippen LogP contribution in [0.1, 0.15) is 5.56 Å². The van der Waals surface area contributed by atoms with Gasteiger partial charge in [0.25, 0.3) is 0 Å². The first-order valence-electron chi connectivity index (χ1n) is 7.17. The predicted molar refractivity (Wildman–Crippen MR) is 85.9 cm³/mol. The van der Waals surface area contributed by atoms with Crippen LogP contribution in [0.2, 0.25) is 0 Å². The second-order valence-electron chi connectivity index (χ2n) is 5.34. The number of aryl methyl sites for hydroxylation is 1. The fourth-order valence-corrected chi connectivity index (χ4v) is 3.07. The van der Waals surface area contributed by atoms with Gasteiger partial charge >= 0.3 is 0 Å². The molecule has 0 aliphatic carbocycles. The topological polar surface area (TPSA) is 19.4 Å². The highest BCUT2D eigenvalue weighted by molar-refractivity contribution is 6.18. The van der Waals surface area contributed by atoms with Crippen LogP contribution < -0.4 is 4.90 Å². The van der Waals surface area contributed by atoms with Gasteiger partial charge in [-0.15, -0.1) is 11.6 Å². The number of hydrogen-bond acceptors (Lipinski definition) is 3. The van der Waals surface area contributed by atoms with Gasteiger partial charge in [-0.25, -0.2) is 4.98 Å². The smallest absolute Gasteiger partial charge is 0.132 e. The van der Waals surface area contributed by atoms with Crippen LogP contribution in [0.5, 0.6) is 0 Å². The standard InChI is InChI=1S/C16H20ClN3/c1-13-12-14-4-2-3-5-15(14)18-16(13)20-10-8-19(7-6-17)9-11-20/h2-5,12H,6-11H2,1H3. The summed E-state index contributed by atoms with van der Waals surface area (Å²) < 4.78 is 0. The van der Waals surface area contributed by atoms with Gasteiger partial charge in [-0.05, 0) is 24.6 Å². The van der Waals surface area contributed by atoms with E-state index < -0.39 is 0 Å². The summed E-state index contributed by atoms with van der Waals surface area (Å²) in [5, 5.41) is 1.22. The Morgan fingerprint density at radius 2 is 1.90 bits per heavy atom. The Kier molecular flexibility index (Phi) is 4.08. The first kappa shape index (κ1) is 13.7. The number of pyridine rings is 1. The second kappa shape index (κ2) is 5.98. The number of para-hydroxylation sites is 1. The van der Waals surface area contributed by atoms with Gasteiger partial charge < -0.3 is 4.90 Å². The lowest BCUT2D eigenvalue weighted by Crippen LogP contribution is -2.47. The van der Waals surface area contributed by atoms with Crippen LogP contribution in [0.25, 0.3) is 10.9 Å². The van der Waals surface area contributed by atoms with Crippen LogP contribution in [0.3, 0.4) is 0 Å². The van der Waals surface area contributed by atoms with E-state index in [0.717, 1.165) is 44.1 Å². The average Bonchev–Trinajstić information content (AvgIpc) is 2.48. The second-order valence-corrected chi connectivity index (χ2v) is 5.72. The predicted octanol–water partition coefficient (Wildman–Crippen LogP) is 2.90. The van der Waals surface area contributed by atoms with Crippen LogP contribution >= 0.6 is 11.6 Å². The summed E-state index contributed by atoms with van der Waals surface area (Å²) in [6.07, 6.45) is 0.